The van der Waals surface area contributed by atoms with E-state index < -0.39 is 23.9 Å². The molecule has 160 valence electrons. The normalized spacial score (nSPS) is 7.72. The van der Waals surface area contributed by atoms with Gasteiger partial charge in [-0.3, -0.25) is 19.2 Å². The molecule has 0 atom stereocenters. The molecule has 0 heterocycles. The third-order valence-corrected chi connectivity index (χ3v) is 1.84. The summed E-state index contributed by atoms with van der Waals surface area (Å²) >= 11 is 0. The lowest BCUT2D eigenvalue weighted by Gasteiger charge is -2.04. The first-order chi connectivity index (χ1) is 13.4. The Morgan fingerprint density at radius 1 is 0.517 bits per heavy atom. The van der Waals surface area contributed by atoms with Gasteiger partial charge in [0.15, 0.2) is 0 Å². The van der Waals surface area contributed by atoms with Gasteiger partial charge in [-0.05, 0) is 24.3 Å². The van der Waals surface area contributed by atoms with E-state index in [0.717, 1.165) is 39.1 Å². The highest BCUT2D eigenvalue weighted by atomic mass is 16.4. The summed E-state index contributed by atoms with van der Waals surface area (Å²) in [7, 11) is 0. The van der Waals surface area contributed by atoms with Crippen LogP contribution in [0.3, 0.4) is 0 Å². The van der Waals surface area contributed by atoms with E-state index in [1.54, 1.807) is 0 Å². The minimum Gasteiger partial charge on any atom is -0.481 e. The number of nitrogens with one attached hydrogen (secondary N) is 1. The quantitative estimate of drug-likeness (QED) is 0.497. The van der Waals surface area contributed by atoms with Gasteiger partial charge in [-0.25, -0.2) is 0 Å². The highest BCUT2D eigenvalue weighted by Crippen LogP contribution is 2.14. The number of benzene rings is 2. The van der Waals surface area contributed by atoms with Crippen LogP contribution in [0.25, 0.3) is 0 Å². The van der Waals surface area contributed by atoms with Crippen molar-refractivity contribution in [1.29, 1.82) is 0 Å². The fraction of sp³-hybridized carbons (Fsp3) is 0.200. The molecule has 0 saturated carbocycles. The zero-order chi connectivity index (χ0) is 23.2. The smallest absolute Gasteiger partial charge is 0.300 e. The molecule has 9 heteroatoms. The number of anilines is 2. The summed E-state index contributed by atoms with van der Waals surface area (Å²) in [5.74, 6) is -3.33. The van der Waals surface area contributed by atoms with Crippen molar-refractivity contribution in [3.63, 3.8) is 0 Å². The lowest BCUT2D eigenvalue weighted by Crippen LogP contribution is -1.87. The van der Waals surface area contributed by atoms with E-state index in [4.69, 9.17) is 39.6 Å². The average Bonchev–Trinajstić information content (AvgIpc) is 2.54. The monoisotopic (exact) mass is 409 g/mol. The van der Waals surface area contributed by atoms with Crippen molar-refractivity contribution < 1.29 is 39.6 Å². The molecule has 5 N–H and O–H groups in total. The van der Waals surface area contributed by atoms with Gasteiger partial charge in [0.25, 0.3) is 23.9 Å². The van der Waals surface area contributed by atoms with Crippen LogP contribution in [-0.4, -0.2) is 44.3 Å². The Bertz CT molecular complexity index is 601. The van der Waals surface area contributed by atoms with Gasteiger partial charge in [-0.15, -0.1) is 0 Å². The Kier molecular flexibility index (Phi) is 21.0. The highest BCUT2D eigenvalue weighted by molar-refractivity contribution is 5.63. The zero-order valence-corrected chi connectivity index (χ0v) is 16.7. The molecule has 0 aliphatic carbocycles. The third kappa shape index (κ3) is 45.4. The molecule has 0 fully saturated rings. The summed E-state index contributed by atoms with van der Waals surface area (Å²) < 4.78 is 0. The third-order valence-electron chi connectivity index (χ3n) is 1.84. The molecule has 0 saturated heterocycles. The number of hydrogen-bond donors (Lipinski definition) is 5. The Balaban J connectivity index is -0.000000352. The van der Waals surface area contributed by atoms with Gasteiger partial charge < -0.3 is 25.7 Å². The Morgan fingerprint density at radius 3 is 0.862 bits per heavy atom. The number of carboxylic acids is 4. The predicted octanol–water partition coefficient (Wildman–Crippen LogP) is 3.79. The fourth-order valence-corrected chi connectivity index (χ4v) is 1.21. The van der Waals surface area contributed by atoms with Crippen LogP contribution in [-0.2, 0) is 19.2 Å². The number of carbonyl (C=O) groups is 4. The second kappa shape index (κ2) is 20.4. The van der Waals surface area contributed by atoms with E-state index in [-0.39, 0.29) is 0 Å². The van der Waals surface area contributed by atoms with Crippen molar-refractivity contribution in [3.05, 3.63) is 60.7 Å². The van der Waals surface area contributed by atoms with Crippen molar-refractivity contribution in [3.8, 4) is 0 Å². The van der Waals surface area contributed by atoms with E-state index in [1.807, 2.05) is 60.7 Å². The molecule has 0 aromatic heterocycles. The van der Waals surface area contributed by atoms with Crippen molar-refractivity contribution in [1.82, 2.24) is 0 Å². The molecule has 0 radical (unpaired) electrons. The highest BCUT2D eigenvalue weighted by Gasteiger charge is 1.89. The van der Waals surface area contributed by atoms with Crippen LogP contribution in [0.5, 0.6) is 0 Å². The maximum atomic E-state index is 9.00. The van der Waals surface area contributed by atoms with Gasteiger partial charge in [0.1, 0.15) is 0 Å². The Morgan fingerprint density at radius 2 is 0.690 bits per heavy atom. The minimum absolute atomic E-state index is 0.833. The lowest BCUT2D eigenvalue weighted by atomic mass is 10.3. The summed E-state index contributed by atoms with van der Waals surface area (Å²) in [5.41, 5.74) is 2.24. The average molecular weight is 409 g/mol. The topological polar surface area (TPSA) is 161 Å². The number of aliphatic carboxylic acids is 4. The SMILES string of the molecule is CC(=O)O.CC(=O)O.CC(=O)O.CC(=O)O.c1ccc(Nc2ccccc2)cc1. The molecule has 0 spiro atoms. The fourth-order valence-electron chi connectivity index (χ4n) is 1.21. The first-order valence-corrected chi connectivity index (χ1v) is 8.03. The van der Waals surface area contributed by atoms with Gasteiger partial charge in [0, 0.05) is 39.1 Å². The summed E-state index contributed by atoms with van der Waals surface area (Å²) in [4.78, 5) is 36.0. The summed E-state index contributed by atoms with van der Waals surface area (Å²) in [6.45, 7) is 4.33. The summed E-state index contributed by atoms with van der Waals surface area (Å²) in [5, 5.41) is 33.0. The van der Waals surface area contributed by atoms with Crippen LogP contribution in [0.1, 0.15) is 27.7 Å². The summed E-state index contributed by atoms with van der Waals surface area (Å²) in [6, 6.07) is 20.3. The van der Waals surface area contributed by atoms with Gasteiger partial charge in [0.05, 0.1) is 0 Å². The van der Waals surface area contributed by atoms with Crippen molar-refractivity contribution in [2.24, 2.45) is 0 Å². The maximum absolute atomic E-state index is 9.00. The van der Waals surface area contributed by atoms with E-state index in [1.165, 1.54) is 0 Å². The summed E-state index contributed by atoms with van der Waals surface area (Å²) in [6.07, 6.45) is 0. The molecular weight excluding hydrogens is 382 g/mol. The van der Waals surface area contributed by atoms with Gasteiger partial charge >= 0.3 is 0 Å². The number of para-hydroxylation sites is 2. The molecular formula is C20H27NO8. The van der Waals surface area contributed by atoms with Crippen molar-refractivity contribution in [2.45, 2.75) is 27.7 Å². The number of carboxylic acid groups (broad SMARTS) is 4. The standard InChI is InChI=1S/C12H11N.4C2H4O2/c1-3-7-11(8-4-1)13-12-9-5-2-6-10-12;4*1-2(3)4/h1-10,13H;4*1H3,(H,3,4). The largest absolute Gasteiger partial charge is 0.481 e. The minimum atomic E-state index is -0.833. The van der Waals surface area contributed by atoms with Crippen molar-refractivity contribution in [2.75, 3.05) is 5.32 Å². The molecule has 9 nitrogen and oxygen atoms in total. The van der Waals surface area contributed by atoms with E-state index in [2.05, 4.69) is 5.32 Å². The molecule has 2 aromatic rings. The lowest BCUT2D eigenvalue weighted by molar-refractivity contribution is -0.135. The van der Waals surface area contributed by atoms with Crippen LogP contribution < -0.4 is 5.32 Å². The molecule has 0 unspecified atom stereocenters. The second-order valence-electron chi connectivity index (χ2n) is 4.93. The number of hydrogen-bond acceptors (Lipinski definition) is 5. The first kappa shape index (κ1) is 29.9. The molecule has 0 bridgehead atoms. The second-order valence-corrected chi connectivity index (χ2v) is 4.93. The van der Waals surface area contributed by atoms with Crippen LogP contribution in [0.2, 0.25) is 0 Å². The van der Waals surface area contributed by atoms with Crippen molar-refractivity contribution >= 4 is 35.3 Å². The predicted molar refractivity (Wildman–Crippen MR) is 109 cm³/mol. The zero-order valence-electron chi connectivity index (χ0n) is 16.7. The molecule has 2 aromatic carbocycles. The molecule has 0 amide bonds. The molecule has 2 rings (SSSR count). The van der Waals surface area contributed by atoms with E-state index in [0.29, 0.717) is 0 Å². The van der Waals surface area contributed by atoms with Gasteiger partial charge in [-0.2, -0.15) is 0 Å². The Labute approximate surface area is 169 Å². The Hall–Kier alpha value is -3.88. The van der Waals surface area contributed by atoms with Crippen LogP contribution in [0, 0.1) is 0 Å². The van der Waals surface area contributed by atoms with Crippen LogP contribution in [0.4, 0.5) is 11.4 Å². The number of rotatable bonds is 2. The van der Waals surface area contributed by atoms with Crippen LogP contribution >= 0.6 is 0 Å². The molecule has 0 aliphatic heterocycles. The molecule has 29 heavy (non-hydrogen) atoms. The van der Waals surface area contributed by atoms with E-state index >= 15 is 0 Å². The van der Waals surface area contributed by atoms with Crippen LogP contribution in [0.15, 0.2) is 60.7 Å². The van der Waals surface area contributed by atoms with Gasteiger partial charge in [-0.1, -0.05) is 36.4 Å². The first-order valence-electron chi connectivity index (χ1n) is 8.03. The maximum Gasteiger partial charge on any atom is 0.300 e. The van der Waals surface area contributed by atoms with E-state index in [9.17, 15) is 0 Å². The van der Waals surface area contributed by atoms with Gasteiger partial charge in [0.2, 0.25) is 0 Å². The molecule has 0 aliphatic rings.